The highest BCUT2D eigenvalue weighted by Crippen LogP contribution is 2.23. The van der Waals surface area contributed by atoms with E-state index in [0.29, 0.717) is 12.0 Å². The lowest BCUT2D eigenvalue weighted by atomic mass is 10.0. The molecule has 2 atom stereocenters. The van der Waals surface area contributed by atoms with Crippen LogP contribution in [0, 0.1) is 19.8 Å². The molecular formula is C11H20N2S. The Bertz CT molecular complexity index is 274. The molecule has 0 aromatic carbocycles. The number of nitrogens with one attached hydrogen (secondary N) is 1. The largest absolute Gasteiger partial charge is 0.359 e. The van der Waals surface area contributed by atoms with E-state index >= 15 is 0 Å². The molecule has 1 heterocycles. The Labute approximate surface area is 90.8 Å². The lowest BCUT2D eigenvalue weighted by molar-refractivity contribution is 0.494. The van der Waals surface area contributed by atoms with Crippen LogP contribution in [0.1, 0.15) is 37.8 Å². The van der Waals surface area contributed by atoms with E-state index in [9.17, 15) is 0 Å². The van der Waals surface area contributed by atoms with E-state index in [1.54, 1.807) is 11.3 Å². The summed E-state index contributed by atoms with van der Waals surface area (Å²) in [6.07, 6.45) is 1.21. The number of nitrogens with zero attached hydrogens (tertiary/aromatic N) is 1. The summed E-state index contributed by atoms with van der Waals surface area (Å²) in [5.41, 5.74) is 1.15. The van der Waals surface area contributed by atoms with Crippen molar-refractivity contribution in [2.45, 2.75) is 47.1 Å². The molecule has 1 aromatic rings. The number of thiazole rings is 1. The average molecular weight is 212 g/mol. The van der Waals surface area contributed by atoms with E-state index in [2.05, 4.69) is 44.9 Å². The highest BCUT2D eigenvalue weighted by atomic mass is 32.1. The number of aromatic nitrogens is 1. The first kappa shape index (κ1) is 11.5. The van der Waals surface area contributed by atoms with E-state index in [0.717, 1.165) is 10.8 Å². The fraction of sp³-hybridized carbons (Fsp3) is 0.727. The van der Waals surface area contributed by atoms with Crippen molar-refractivity contribution in [3.63, 3.8) is 0 Å². The molecule has 3 heteroatoms. The van der Waals surface area contributed by atoms with E-state index in [1.165, 1.54) is 11.3 Å². The molecule has 0 radical (unpaired) electrons. The molecule has 80 valence electrons. The van der Waals surface area contributed by atoms with Crippen LogP contribution in [-0.2, 0) is 0 Å². The normalized spacial score (nSPS) is 15.2. The first-order valence-corrected chi connectivity index (χ1v) is 6.06. The molecule has 1 N–H and O–H groups in total. The minimum Gasteiger partial charge on any atom is -0.359 e. The van der Waals surface area contributed by atoms with Crippen LogP contribution in [0.2, 0.25) is 0 Å². The van der Waals surface area contributed by atoms with E-state index in [4.69, 9.17) is 0 Å². The Morgan fingerprint density at radius 3 is 2.43 bits per heavy atom. The molecular weight excluding hydrogens is 192 g/mol. The zero-order valence-corrected chi connectivity index (χ0v) is 10.5. The molecule has 1 aromatic heterocycles. The molecule has 0 saturated carbocycles. The van der Waals surface area contributed by atoms with Gasteiger partial charge < -0.3 is 5.32 Å². The number of hydrogen-bond acceptors (Lipinski definition) is 3. The van der Waals surface area contributed by atoms with Gasteiger partial charge in [-0.1, -0.05) is 20.3 Å². The fourth-order valence-electron chi connectivity index (χ4n) is 1.23. The molecule has 0 aliphatic carbocycles. The van der Waals surface area contributed by atoms with Crippen molar-refractivity contribution >= 4 is 16.5 Å². The average Bonchev–Trinajstić information content (AvgIpc) is 2.44. The van der Waals surface area contributed by atoms with Gasteiger partial charge in [-0.05, 0) is 26.7 Å². The van der Waals surface area contributed by atoms with E-state index < -0.39 is 0 Å². The van der Waals surface area contributed by atoms with Gasteiger partial charge in [0.1, 0.15) is 0 Å². The van der Waals surface area contributed by atoms with Crippen LogP contribution in [-0.4, -0.2) is 11.0 Å². The Balaban J connectivity index is 2.60. The second-order valence-corrected chi connectivity index (χ2v) is 5.18. The van der Waals surface area contributed by atoms with Crippen LogP contribution < -0.4 is 5.32 Å². The van der Waals surface area contributed by atoms with Crippen LogP contribution in [0.3, 0.4) is 0 Å². The molecule has 0 fully saturated rings. The standard InChI is InChI=1S/C11H20N2S/c1-6-7(2)8(3)12-11-13-9(4)10(5)14-11/h7-8H,6H2,1-5H3,(H,12,13). The van der Waals surface area contributed by atoms with Crippen LogP contribution in [0.15, 0.2) is 0 Å². The third kappa shape index (κ3) is 2.71. The topological polar surface area (TPSA) is 24.9 Å². The van der Waals surface area contributed by atoms with Gasteiger partial charge in [-0.15, -0.1) is 11.3 Å². The van der Waals surface area contributed by atoms with Gasteiger partial charge in [0.15, 0.2) is 5.13 Å². The Morgan fingerprint density at radius 1 is 1.36 bits per heavy atom. The van der Waals surface area contributed by atoms with Gasteiger partial charge in [-0.25, -0.2) is 4.98 Å². The summed E-state index contributed by atoms with van der Waals surface area (Å²) in [5, 5.41) is 4.52. The van der Waals surface area contributed by atoms with Gasteiger partial charge >= 0.3 is 0 Å². The van der Waals surface area contributed by atoms with Crippen molar-refractivity contribution in [2.75, 3.05) is 5.32 Å². The molecule has 0 spiro atoms. The predicted molar refractivity (Wildman–Crippen MR) is 64.1 cm³/mol. The van der Waals surface area contributed by atoms with Crippen molar-refractivity contribution in [3.05, 3.63) is 10.6 Å². The highest BCUT2D eigenvalue weighted by Gasteiger charge is 2.12. The smallest absolute Gasteiger partial charge is 0.183 e. The molecule has 2 nitrogen and oxygen atoms in total. The predicted octanol–water partition coefficient (Wildman–Crippen LogP) is 3.61. The first-order valence-electron chi connectivity index (χ1n) is 5.25. The van der Waals surface area contributed by atoms with Gasteiger partial charge in [0.25, 0.3) is 0 Å². The second-order valence-electron chi connectivity index (χ2n) is 3.98. The SMILES string of the molecule is CCC(C)C(C)Nc1nc(C)c(C)s1. The molecule has 0 amide bonds. The maximum atomic E-state index is 4.47. The van der Waals surface area contributed by atoms with Gasteiger partial charge in [-0.2, -0.15) is 0 Å². The van der Waals surface area contributed by atoms with Crippen LogP contribution in [0.5, 0.6) is 0 Å². The first-order chi connectivity index (χ1) is 6.54. The fourth-order valence-corrected chi connectivity index (χ4v) is 2.14. The zero-order chi connectivity index (χ0) is 10.7. The molecule has 0 saturated heterocycles. The molecule has 1 rings (SSSR count). The number of rotatable bonds is 4. The van der Waals surface area contributed by atoms with Gasteiger partial charge in [0, 0.05) is 10.9 Å². The maximum absolute atomic E-state index is 4.47. The van der Waals surface area contributed by atoms with Crippen molar-refractivity contribution < 1.29 is 0 Å². The number of aryl methyl sites for hydroxylation is 2. The lowest BCUT2D eigenvalue weighted by Gasteiger charge is -2.18. The van der Waals surface area contributed by atoms with Crippen LogP contribution in [0.4, 0.5) is 5.13 Å². The third-order valence-corrected chi connectivity index (χ3v) is 3.88. The monoisotopic (exact) mass is 212 g/mol. The van der Waals surface area contributed by atoms with Gasteiger partial charge in [0.2, 0.25) is 0 Å². The summed E-state index contributed by atoms with van der Waals surface area (Å²) in [5.74, 6) is 0.694. The van der Waals surface area contributed by atoms with Crippen molar-refractivity contribution in [2.24, 2.45) is 5.92 Å². The Hall–Kier alpha value is -0.570. The molecule has 14 heavy (non-hydrogen) atoms. The van der Waals surface area contributed by atoms with Crippen molar-refractivity contribution in [1.29, 1.82) is 0 Å². The zero-order valence-electron chi connectivity index (χ0n) is 9.72. The summed E-state index contributed by atoms with van der Waals surface area (Å²) in [4.78, 5) is 5.78. The minimum absolute atomic E-state index is 0.505. The number of anilines is 1. The maximum Gasteiger partial charge on any atom is 0.183 e. The summed E-state index contributed by atoms with van der Waals surface area (Å²) >= 11 is 1.75. The van der Waals surface area contributed by atoms with Crippen LogP contribution in [0.25, 0.3) is 0 Å². The van der Waals surface area contributed by atoms with Crippen molar-refractivity contribution in [1.82, 2.24) is 4.98 Å². The number of hydrogen-bond donors (Lipinski definition) is 1. The summed E-state index contributed by atoms with van der Waals surface area (Å²) in [6, 6.07) is 0.505. The third-order valence-electron chi connectivity index (χ3n) is 2.88. The van der Waals surface area contributed by atoms with Crippen molar-refractivity contribution in [3.8, 4) is 0 Å². The second kappa shape index (κ2) is 4.78. The summed E-state index contributed by atoms with van der Waals surface area (Å²) in [6.45, 7) is 10.9. The summed E-state index contributed by atoms with van der Waals surface area (Å²) < 4.78 is 0. The van der Waals surface area contributed by atoms with Gasteiger partial charge in [-0.3, -0.25) is 0 Å². The molecule has 2 unspecified atom stereocenters. The van der Waals surface area contributed by atoms with Crippen LogP contribution >= 0.6 is 11.3 Å². The quantitative estimate of drug-likeness (QED) is 0.824. The van der Waals surface area contributed by atoms with Gasteiger partial charge in [0.05, 0.1) is 5.69 Å². The Kier molecular flexibility index (Phi) is 3.93. The molecule has 0 bridgehead atoms. The summed E-state index contributed by atoms with van der Waals surface area (Å²) in [7, 11) is 0. The Morgan fingerprint density at radius 2 is 2.00 bits per heavy atom. The molecule has 0 aliphatic heterocycles. The van der Waals surface area contributed by atoms with E-state index in [1.807, 2.05) is 0 Å². The molecule has 0 aliphatic rings. The highest BCUT2D eigenvalue weighted by molar-refractivity contribution is 7.15. The minimum atomic E-state index is 0.505. The van der Waals surface area contributed by atoms with E-state index in [-0.39, 0.29) is 0 Å². The lowest BCUT2D eigenvalue weighted by Crippen LogP contribution is -2.22.